The van der Waals surface area contributed by atoms with Gasteiger partial charge in [0.1, 0.15) is 5.69 Å². The monoisotopic (exact) mass is 290 g/mol. The highest BCUT2D eigenvalue weighted by Gasteiger charge is 2.16. The van der Waals surface area contributed by atoms with Crippen LogP contribution in [0, 0.1) is 17.0 Å². The van der Waals surface area contributed by atoms with Gasteiger partial charge in [-0.1, -0.05) is 29.8 Å². The van der Waals surface area contributed by atoms with Gasteiger partial charge in [0.25, 0.3) is 5.69 Å². The highest BCUT2D eigenvalue weighted by molar-refractivity contribution is 6.30. The van der Waals surface area contributed by atoms with Gasteiger partial charge >= 0.3 is 0 Å². The molecule has 0 amide bonds. The zero-order chi connectivity index (χ0) is 14.7. The Morgan fingerprint density at radius 3 is 2.65 bits per heavy atom. The number of aryl methyl sites for hydroxylation is 1. The summed E-state index contributed by atoms with van der Waals surface area (Å²) in [6.07, 6.45) is 0. The zero-order valence-corrected chi connectivity index (χ0v) is 12.0. The molecule has 0 saturated heterocycles. The van der Waals surface area contributed by atoms with Gasteiger partial charge in [-0.25, -0.2) is 0 Å². The summed E-state index contributed by atoms with van der Waals surface area (Å²) in [5.74, 6) is 0. The molecule has 0 fully saturated rings. The third kappa shape index (κ3) is 3.27. The fourth-order valence-corrected chi connectivity index (χ4v) is 2.22. The van der Waals surface area contributed by atoms with Crippen LogP contribution >= 0.6 is 11.6 Å². The molecule has 0 bridgehead atoms. The molecule has 0 aliphatic rings. The molecule has 1 unspecified atom stereocenters. The van der Waals surface area contributed by atoms with E-state index in [4.69, 9.17) is 11.6 Å². The lowest BCUT2D eigenvalue weighted by Crippen LogP contribution is -2.08. The molecule has 0 spiro atoms. The number of benzene rings is 2. The van der Waals surface area contributed by atoms with Gasteiger partial charge in [0.05, 0.1) is 4.92 Å². The number of nitro benzene ring substituents is 1. The molecule has 5 heteroatoms. The topological polar surface area (TPSA) is 55.2 Å². The Morgan fingerprint density at radius 1 is 1.25 bits per heavy atom. The number of nitrogens with one attached hydrogen (secondary N) is 1. The number of rotatable bonds is 4. The average Bonchev–Trinajstić information content (AvgIpc) is 2.38. The standard InChI is InChI=1S/C15H15ClN2O2/c1-10-6-7-15(18(19)20)14(8-10)17-11(2)12-4-3-5-13(16)9-12/h3-9,11,17H,1-2H3. The normalized spacial score (nSPS) is 11.9. The van der Waals surface area contributed by atoms with Crippen molar-refractivity contribution in [1.82, 2.24) is 0 Å². The molecule has 0 aliphatic carbocycles. The summed E-state index contributed by atoms with van der Waals surface area (Å²) in [5.41, 5.74) is 2.54. The van der Waals surface area contributed by atoms with Crippen LogP contribution in [0.3, 0.4) is 0 Å². The van der Waals surface area contributed by atoms with E-state index < -0.39 is 0 Å². The van der Waals surface area contributed by atoms with Crippen LogP contribution in [0.1, 0.15) is 24.1 Å². The van der Waals surface area contributed by atoms with Crippen molar-refractivity contribution in [3.05, 3.63) is 68.7 Å². The van der Waals surface area contributed by atoms with Gasteiger partial charge in [-0.15, -0.1) is 0 Å². The first-order valence-corrected chi connectivity index (χ1v) is 6.62. The zero-order valence-electron chi connectivity index (χ0n) is 11.3. The maximum absolute atomic E-state index is 11.0. The summed E-state index contributed by atoms with van der Waals surface area (Å²) in [4.78, 5) is 10.7. The average molecular weight is 291 g/mol. The van der Waals surface area contributed by atoms with E-state index >= 15 is 0 Å². The molecule has 0 aromatic heterocycles. The minimum atomic E-state index is -0.382. The smallest absolute Gasteiger partial charge is 0.292 e. The van der Waals surface area contributed by atoms with Crippen molar-refractivity contribution in [2.75, 3.05) is 5.32 Å². The molecule has 104 valence electrons. The number of hydrogen-bond acceptors (Lipinski definition) is 3. The first kappa shape index (κ1) is 14.3. The van der Waals surface area contributed by atoms with Crippen molar-refractivity contribution >= 4 is 23.0 Å². The maximum atomic E-state index is 11.0. The Balaban J connectivity index is 2.29. The number of nitro groups is 1. The molecular formula is C15H15ClN2O2. The predicted octanol–water partition coefficient (Wildman–Crippen LogP) is 4.73. The Hall–Kier alpha value is -2.07. The molecule has 0 radical (unpaired) electrons. The summed E-state index contributed by atoms with van der Waals surface area (Å²) in [7, 11) is 0. The predicted molar refractivity (Wildman–Crippen MR) is 81.3 cm³/mol. The molecule has 2 aromatic carbocycles. The van der Waals surface area contributed by atoms with Crippen molar-refractivity contribution in [2.24, 2.45) is 0 Å². The lowest BCUT2D eigenvalue weighted by Gasteiger charge is -2.16. The van der Waals surface area contributed by atoms with Crippen molar-refractivity contribution < 1.29 is 4.92 Å². The molecule has 0 aliphatic heterocycles. The van der Waals surface area contributed by atoms with Gasteiger partial charge in [0.15, 0.2) is 0 Å². The summed E-state index contributed by atoms with van der Waals surface area (Å²) < 4.78 is 0. The second kappa shape index (κ2) is 5.92. The molecular weight excluding hydrogens is 276 g/mol. The number of anilines is 1. The Kier molecular flexibility index (Phi) is 4.25. The van der Waals surface area contributed by atoms with Crippen molar-refractivity contribution in [1.29, 1.82) is 0 Å². The first-order valence-electron chi connectivity index (χ1n) is 6.24. The Morgan fingerprint density at radius 2 is 2.00 bits per heavy atom. The van der Waals surface area contributed by atoms with E-state index in [1.807, 2.05) is 32.0 Å². The lowest BCUT2D eigenvalue weighted by atomic mass is 10.1. The van der Waals surface area contributed by atoms with Crippen LogP contribution < -0.4 is 5.32 Å². The minimum absolute atomic E-state index is 0.0736. The van der Waals surface area contributed by atoms with Gasteiger partial charge in [-0.2, -0.15) is 0 Å². The SMILES string of the molecule is Cc1ccc([N+](=O)[O-])c(NC(C)c2cccc(Cl)c2)c1. The fourth-order valence-electron chi connectivity index (χ4n) is 2.02. The van der Waals surface area contributed by atoms with E-state index in [0.717, 1.165) is 11.1 Å². The fraction of sp³-hybridized carbons (Fsp3) is 0.200. The molecule has 4 nitrogen and oxygen atoms in total. The molecule has 1 atom stereocenters. The van der Waals surface area contributed by atoms with Crippen molar-refractivity contribution in [3.63, 3.8) is 0 Å². The van der Waals surface area contributed by atoms with Crippen LogP contribution in [0.15, 0.2) is 42.5 Å². The quantitative estimate of drug-likeness (QED) is 0.654. The highest BCUT2D eigenvalue weighted by atomic mass is 35.5. The van der Waals surface area contributed by atoms with E-state index in [0.29, 0.717) is 10.7 Å². The van der Waals surface area contributed by atoms with Gasteiger partial charge in [-0.05, 0) is 43.2 Å². The third-order valence-electron chi connectivity index (χ3n) is 3.07. The van der Waals surface area contributed by atoms with Gasteiger partial charge in [-0.3, -0.25) is 10.1 Å². The van der Waals surface area contributed by atoms with E-state index in [-0.39, 0.29) is 16.7 Å². The minimum Gasteiger partial charge on any atom is -0.373 e. The molecule has 0 saturated carbocycles. The number of nitrogens with zero attached hydrogens (tertiary/aromatic N) is 1. The van der Waals surface area contributed by atoms with Crippen molar-refractivity contribution in [3.8, 4) is 0 Å². The Bertz CT molecular complexity index is 644. The van der Waals surface area contributed by atoms with Crippen LogP contribution in [-0.4, -0.2) is 4.92 Å². The van der Waals surface area contributed by atoms with E-state index in [2.05, 4.69) is 5.32 Å². The van der Waals surface area contributed by atoms with E-state index in [9.17, 15) is 10.1 Å². The molecule has 2 rings (SSSR count). The van der Waals surface area contributed by atoms with Crippen molar-refractivity contribution in [2.45, 2.75) is 19.9 Å². The molecule has 0 heterocycles. The number of hydrogen-bond donors (Lipinski definition) is 1. The molecule has 20 heavy (non-hydrogen) atoms. The number of halogens is 1. The van der Waals surface area contributed by atoms with Crippen LogP contribution in [-0.2, 0) is 0 Å². The van der Waals surface area contributed by atoms with Gasteiger partial charge in [0, 0.05) is 17.1 Å². The third-order valence-corrected chi connectivity index (χ3v) is 3.30. The largest absolute Gasteiger partial charge is 0.373 e. The highest BCUT2D eigenvalue weighted by Crippen LogP contribution is 2.29. The summed E-state index contributed by atoms with van der Waals surface area (Å²) in [6, 6.07) is 12.4. The van der Waals surface area contributed by atoms with Gasteiger partial charge < -0.3 is 5.32 Å². The second-order valence-electron chi connectivity index (χ2n) is 4.70. The molecule has 1 N–H and O–H groups in total. The Labute approximate surface area is 122 Å². The molecule has 2 aromatic rings. The first-order chi connectivity index (χ1) is 9.47. The summed E-state index contributed by atoms with van der Waals surface area (Å²) in [5, 5.41) is 14.9. The second-order valence-corrected chi connectivity index (χ2v) is 5.14. The van der Waals surface area contributed by atoms with Crippen LogP contribution in [0.4, 0.5) is 11.4 Å². The van der Waals surface area contributed by atoms with Gasteiger partial charge in [0.2, 0.25) is 0 Å². The summed E-state index contributed by atoms with van der Waals surface area (Å²) in [6.45, 7) is 3.84. The van der Waals surface area contributed by atoms with Crippen LogP contribution in [0.25, 0.3) is 0 Å². The lowest BCUT2D eigenvalue weighted by molar-refractivity contribution is -0.384. The van der Waals surface area contributed by atoms with E-state index in [1.54, 1.807) is 18.2 Å². The van der Waals surface area contributed by atoms with E-state index in [1.165, 1.54) is 6.07 Å². The van der Waals surface area contributed by atoms with Crippen LogP contribution in [0.5, 0.6) is 0 Å². The maximum Gasteiger partial charge on any atom is 0.292 e. The summed E-state index contributed by atoms with van der Waals surface area (Å²) >= 11 is 5.96. The van der Waals surface area contributed by atoms with Crippen LogP contribution in [0.2, 0.25) is 5.02 Å².